The summed E-state index contributed by atoms with van der Waals surface area (Å²) in [6, 6.07) is 7.99. The van der Waals surface area contributed by atoms with Crippen LogP contribution < -0.4 is 10.6 Å². The first-order chi connectivity index (χ1) is 12.5. The minimum atomic E-state index is -0.982. The van der Waals surface area contributed by atoms with Gasteiger partial charge in [-0.1, -0.05) is 12.1 Å². The Morgan fingerprint density at radius 2 is 1.73 bits per heavy atom. The van der Waals surface area contributed by atoms with Crippen LogP contribution in [0.4, 0.5) is 20.2 Å². The zero-order valence-corrected chi connectivity index (χ0v) is 13.4. The quantitative estimate of drug-likeness (QED) is 0.744. The predicted molar refractivity (Wildman–Crippen MR) is 87.8 cm³/mol. The second-order valence-corrected chi connectivity index (χ2v) is 5.22. The fraction of sp³-hybridized carbons (Fsp3) is 0.0625. The van der Waals surface area contributed by atoms with Crippen molar-refractivity contribution in [3.8, 4) is 5.69 Å². The van der Waals surface area contributed by atoms with Crippen molar-refractivity contribution in [2.45, 2.75) is 6.92 Å². The second-order valence-electron chi connectivity index (χ2n) is 5.22. The monoisotopic (exact) mass is 358 g/mol. The molecule has 10 heteroatoms. The minimum Gasteiger partial charge on any atom is -0.324 e. The Kier molecular flexibility index (Phi) is 4.65. The molecule has 2 N–H and O–H groups in total. The number of para-hydroxylation sites is 1. The van der Waals surface area contributed by atoms with Gasteiger partial charge in [-0.05, 0) is 28.6 Å². The number of amides is 2. The number of hydrogen-bond donors (Lipinski definition) is 2. The molecule has 132 valence electrons. The van der Waals surface area contributed by atoms with E-state index in [0.29, 0.717) is 11.8 Å². The van der Waals surface area contributed by atoms with E-state index in [9.17, 15) is 18.4 Å². The number of carbonyl (C=O) groups is 2. The number of anilines is 2. The molecule has 0 aliphatic heterocycles. The maximum Gasteiger partial charge on any atom is 0.257 e. The molecule has 3 rings (SSSR count). The van der Waals surface area contributed by atoms with Crippen molar-refractivity contribution in [1.82, 2.24) is 20.2 Å². The lowest BCUT2D eigenvalue weighted by molar-refractivity contribution is -0.114. The van der Waals surface area contributed by atoms with E-state index in [-0.39, 0.29) is 16.9 Å². The van der Waals surface area contributed by atoms with Gasteiger partial charge in [0.1, 0.15) is 18.0 Å². The first-order valence-corrected chi connectivity index (χ1v) is 7.36. The summed E-state index contributed by atoms with van der Waals surface area (Å²) in [6.07, 6.45) is 1.31. The number of aromatic nitrogens is 4. The van der Waals surface area contributed by atoms with Gasteiger partial charge < -0.3 is 10.6 Å². The molecule has 0 aliphatic carbocycles. The van der Waals surface area contributed by atoms with E-state index >= 15 is 0 Å². The van der Waals surface area contributed by atoms with Gasteiger partial charge in [-0.25, -0.2) is 8.78 Å². The zero-order valence-electron chi connectivity index (χ0n) is 13.4. The Morgan fingerprint density at radius 3 is 2.38 bits per heavy atom. The number of nitrogens with zero attached hydrogens (tertiary/aromatic N) is 4. The first-order valence-electron chi connectivity index (χ1n) is 7.36. The van der Waals surface area contributed by atoms with Gasteiger partial charge in [-0.15, -0.1) is 5.10 Å². The summed E-state index contributed by atoms with van der Waals surface area (Å²) < 4.78 is 29.0. The maximum atomic E-state index is 14.0. The topological polar surface area (TPSA) is 102 Å². The molecule has 0 aliphatic rings. The normalized spacial score (nSPS) is 10.4. The molecule has 0 atom stereocenters. The molecule has 2 aromatic carbocycles. The number of benzene rings is 2. The fourth-order valence-corrected chi connectivity index (χ4v) is 2.26. The first kappa shape index (κ1) is 17.1. The lowest BCUT2D eigenvalue weighted by Crippen LogP contribution is -2.17. The predicted octanol–water partition coefficient (Wildman–Crippen LogP) is 2.15. The van der Waals surface area contributed by atoms with Crippen LogP contribution in [0.2, 0.25) is 0 Å². The van der Waals surface area contributed by atoms with Crippen molar-refractivity contribution >= 4 is 23.2 Å². The highest BCUT2D eigenvalue weighted by molar-refractivity contribution is 6.07. The molecular formula is C16H12F2N6O2. The lowest BCUT2D eigenvalue weighted by atomic mass is 10.1. The van der Waals surface area contributed by atoms with E-state index < -0.39 is 23.4 Å². The lowest BCUT2D eigenvalue weighted by Gasteiger charge is -2.12. The van der Waals surface area contributed by atoms with Crippen LogP contribution in [-0.4, -0.2) is 32.0 Å². The van der Waals surface area contributed by atoms with Gasteiger partial charge in [0.05, 0.1) is 22.6 Å². The van der Waals surface area contributed by atoms with Crippen LogP contribution in [0, 0.1) is 11.6 Å². The zero-order chi connectivity index (χ0) is 18.7. The van der Waals surface area contributed by atoms with Crippen LogP contribution >= 0.6 is 0 Å². The van der Waals surface area contributed by atoms with Crippen molar-refractivity contribution in [2.24, 2.45) is 0 Å². The van der Waals surface area contributed by atoms with E-state index in [2.05, 4.69) is 26.2 Å². The number of halogens is 2. The Bertz CT molecular complexity index is 975. The van der Waals surface area contributed by atoms with Crippen LogP contribution in [0.25, 0.3) is 5.69 Å². The van der Waals surface area contributed by atoms with Gasteiger partial charge in [-0.3, -0.25) is 9.59 Å². The van der Waals surface area contributed by atoms with Crippen LogP contribution in [0.5, 0.6) is 0 Å². The van der Waals surface area contributed by atoms with Crippen molar-refractivity contribution < 1.29 is 18.4 Å². The Morgan fingerprint density at radius 1 is 1.04 bits per heavy atom. The van der Waals surface area contributed by atoms with E-state index in [0.717, 1.165) is 6.07 Å². The van der Waals surface area contributed by atoms with Crippen LogP contribution in [-0.2, 0) is 4.79 Å². The SMILES string of the molecule is CC(=O)Nc1cc(NC(=O)c2ccccc2-n2cnnn2)c(F)cc1F. The molecule has 3 aromatic rings. The highest BCUT2D eigenvalue weighted by Crippen LogP contribution is 2.24. The van der Waals surface area contributed by atoms with Gasteiger partial charge in [0, 0.05) is 13.0 Å². The Balaban J connectivity index is 1.93. The number of nitrogens with one attached hydrogen (secondary N) is 2. The van der Waals surface area contributed by atoms with E-state index in [4.69, 9.17) is 0 Å². The number of carbonyl (C=O) groups excluding carboxylic acids is 2. The molecule has 1 heterocycles. The highest BCUT2D eigenvalue weighted by Gasteiger charge is 2.17. The molecule has 0 saturated carbocycles. The third-order valence-corrected chi connectivity index (χ3v) is 3.36. The number of rotatable bonds is 4. The molecule has 0 fully saturated rings. The highest BCUT2D eigenvalue weighted by atomic mass is 19.1. The molecule has 26 heavy (non-hydrogen) atoms. The van der Waals surface area contributed by atoms with E-state index in [1.807, 2.05) is 0 Å². The summed E-state index contributed by atoms with van der Waals surface area (Å²) in [6.45, 7) is 1.18. The van der Waals surface area contributed by atoms with Crippen LogP contribution in [0.15, 0.2) is 42.7 Å². The van der Waals surface area contributed by atoms with Crippen molar-refractivity contribution in [1.29, 1.82) is 0 Å². The molecular weight excluding hydrogens is 346 g/mol. The fourth-order valence-electron chi connectivity index (χ4n) is 2.26. The van der Waals surface area contributed by atoms with Crippen molar-refractivity contribution in [3.05, 3.63) is 59.9 Å². The molecule has 0 bridgehead atoms. The number of hydrogen-bond acceptors (Lipinski definition) is 5. The summed E-state index contributed by atoms with van der Waals surface area (Å²) in [5.41, 5.74) is 0.0128. The molecule has 1 aromatic heterocycles. The van der Waals surface area contributed by atoms with E-state index in [1.165, 1.54) is 24.0 Å². The molecule has 0 spiro atoms. The van der Waals surface area contributed by atoms with Gasteiger partial charge in [0.2, 0.25) is 5.91 Å². The summed E-state index contributed by atoms with van der Waals surface area (Å²) in [4.78, 5) is 23.7. The van der Waals surface area contributed by atoms with Gasteiger partial charge in [-0.2, -0.15) is 4.68 Å². The maximum absolute atomic E-state index is 14.0. The molecule has 0 saturated heterocycles. The third-order valence-electron chi connectivity index (χ3n) is 3.36. The Labute approximate surface area is 145 Å². The average Bonchev–Trinajstić information content (AvgIpc) is 3.13. The van der Waals surface area contributed by atoms with Gasteiger partial charge in [0.25, 0.3) is 5.91 Å². The van der Waals surface area contributed by atoms with Crippen LogP contribution in [0.1, 0.15) is 17.3 Å². The van der Waals surface area contributed by atoms with Crippen molar-refractivity contribution in [2.75, 3.05) is 10.6 Å². The summed E-state index contributed by atoms with van der Waals surface area (Å²) in [5.74, 6) is -3.12. The van der Waals surface area contributed by atoms with Gasteiger partial charge in [0.15, 0.2) is 0 Å². The average molecular weight is 358 g/mol. The summed E-state index contributed by atoms with van der Waals surface area (Å²) >= 11 is 0. The molecule has 8 nitrogen and oxygen atoms in total. The smallest absolute Gasteiger partial charge is 0.257 e. The molecule has 2 amide bonds. The largest absolute Gasteiger partial charge is 0.324 e. The molecule has 0 unspecified atom stereocenters. The minimum absolute atomic E-state index is 0.171. The van der Waals surface area contributed by atoms with Crippen molar-refractivity contribution in [3.63, 3.8) is 0 Å². The Hall–Kier alpha value is -3.69. The standard InChI is InChI=1S/C16H12F2N6O2/c1-9(25)20-13-7-14(12(18)6-11(13)17)21-16(26)10-4-2-3-5-15(10)24-8-19-22-23-24/h2-8H,1H3,(H,20,25)(H,21,26). The summed E-state index contributed by atoms with van der Waals surface area (Å²) in [7, 11) is 0. The third kappa shape index (κ3) is 3.53. The van der Waals surface area contributed by atoms with Gasteiger partial charge >= 0.3 is 0 Å². The van der Waals surface area contributed by atoms with Crippen LogP contribution in [0.3, 0.4) is 0 Å². The second kappa shape index (κ2) is 7.05. The number of tetrazole rings is 1. The summed E-state index contributed by atoms with van der Waals surface area (Å²) in [5, 5.41) is 15.3. The molecule has 0 radical (unpaired) electrons. The van der Waals surface area contributed by atoms with E-state index in [1.54, 1.807) is 18.2 Å².